The van der Waals surface area contributed by atoms with E-state index in [2.05, 4.69) is 16.8 Å². The van der Waals surface area contributed by atoms with Crippen LogP contribution in [0.15, 0.2) is 52.9 Å². The fourth-order valence-corrected chi connectivity index (χ4v) is 3.13. The molecular weight excluding hydrogens is 408 g/mol. The van der Waals surface area contributed by atoms with Gasteiger partial charge in [0.05, 0.1) is 12.7 Å². The van der Waals surface area contributed by atoms with Crippen molar-refractivity contribution in [2.24, 2.45) is 5.41 Å². The highest BCUT2D eigenvalue weighted by Crippen LogP contribution is 2.30. The predicted molar refractivity (Wildman–Crippen MR) is 115 cm³/mol. The number of hydrogen-bond acceptors (Lipinski definition) is 5. The normalized spacial score (nSPS) is 12.4. The summed E-state index contributed by atoms with van der Waals surface area (Å²) in [5.41, 5.74) is 1.39. The molecule has 2 heterocycles. The summed E-state index contributed by atoms with van der Waals surface area (Å²) in [6.45, 7) is 11.5. The Morgan fingerprint density at radius 2 is 1.90 bits per heavy atom. The zero-order valence-corrected chi connectivity index (χ0v) is 18.4. The summed E-state index contributed by atoms with van der Waals surface area (Å²) in [5.74, 6) is -0.468. The average Bonchev–Trinajstić information content (AvgIpc) is 3.12. The van der Waals surface area contributed by atoms with E-state index in [-0.39, 0.29) is 12.0 Å². The topological polar surface area (TPSA) is 70.7 Å². The SMILES string of the molecule is C=C(CC)c1nnc2ccc(Sc3ccc(F)cc3F)cn12.CC(C)(C)C(O)CO. The van der Waals surface area contributed by atoms with Crippen molar-refractivity contribution < 1.29 is 19.0 Å². The Bertz CT molecular complexity index is 1020. The maximum atomic E-state index is 13.7. The maximum Gasteiger partial charge on any atom is 0.163 e. The van der Waals surface area contributed by atoms with E-state index in [0.29, 0.717) is 16.4 Å². The van der Waals surface area contributed by atoms with Crippen molar-refractivity contribution in [1.29, 1.82) is 0 Å². The smallest absolute Gasteiger partial charge is 0.163 e. The molecule has 0 saturated carbocycles. The van der Waals surface area contributed by atoms with Gasteiger partial charge < -0.3 is 10.2 Å². The van der Waals surface area contributed by atoms with Gasteiger partial charge in [0.1, 0.15) is 11.6 Å². The second-order valence-corrected chi connectivity index (χ2v) is 8.93. The van der Waals surface area contributed by atoms with E-state index in [9.17, 15) is 8.78 Å². The molecule has 2 aromatic heterocycles. The van der Waals surface area contributed by atoms with Crippen molar-refractivity contribution in [1.82, 2.24) is 14.6 Å². The number of aliphatic hydroxyl groups is 2. The van der Waals surface area contributed by atoms with Crippen LogP contribution in [0.3, 0.4) is 0 Å². The minimum atomic E-state index is -0.595. The number of rotatable bonds is 5. The van der Waals surface area contributed by atoms with Crippen molar-refractivity contribution in [2.45, 2.75) is 50.0 Å². The minimum Gasteiger partial charge on any atom is -0.394 e. The third-order valence-electron chi connectivity index (χ3n) is 4.41. The predicted octanol–water partition coefficient (Wildman–Crippen LogP) is 4.97. The van der Waals surface area contributed by atoms with Crippen LogP contribution in [0.4, 0.5) is 8.78 Å². The lowest BCUT2D eigenvalue weighted by Crippen LogP contribution is -2.29. The molecule has 2 N–H and O–H groups in total. The molecule has 1 aromatic carbocycles. The highest BCUT2D eigenvalue weighted by molar-refractivity contribution is 7.99. The van der Waals surface area contributed by atoms with Gasteiger partial charge in [0, 0.05) is 22.1 Å². The second kappa shape index (κ2) is 10.1. The van der Waals surface area contributed by atoms with Crippen LogP contribution in [-0.4, -0.2) is 37.5 Å². The summed E-state index contributed by atoms with van der Waals surface area (Å²) in [6, 6.07) is 7.19. The summed E-state index contributed by atoms with van der Waals surface area (Å²) in [6.07, 6.45) is 2.01. The fourth-order valence-electron chi connectivity index (χ4n) is 2.29. The van der Waals surface area contributed by atoms with Crippen LogP contribution in [0.1, 0.15) is 39.9 Å². The molecule has 0 aliphatic rings. The molecule has 0 radical (unpaired) electrons. The molecule has 162 valence electrons. The van der Waals surface area contributed by atoms with Crippen molar-refractivity contribution in [3.63, 3.8) is 0 Å². The van der Waals surface area contributed by atoms with E-state index < -0.39 is 17.7 Å². The first-order valence-corrected chi connectivity index (χ1v) is 10.3. The monoisotopic (exact) mass is 435 g/mol. The van der Waals surface area contributed by atoms with E-state index >= 15 is 0 Å². The molecule has 0 fully saturated rings. The van der Waals surface area contributed by atoms with Gasteiger partial charge in [-0.05, 0) is 41.7 Å². The largest absolute Gasteiger partial charge is 0.394 e. The van der Waals surface area contributed by atoms with Gasteiger partial charge in [-0.2, -0.15) is 0 Å². The Labute approximate surface area is 179 Å². The van der Waals surface area contributed by atoms with E-state index in [1.165, 1.54) is 23.9 Å². The Balaban J connectivity index is 0.000000343. The van der Waals surface area contributed by atoms with Crippen LogP contribution < -0.4 is 0 Å². The molecule has 0 bridgehead atoms. The number of aromatic nitrogens is 3. The van der Waals surface area contributed by atoms with E-state index in [1.807, 2.05) is 50.4 Å². The first-order valence-electron chi connectivity index (χ1n) is 9.51. The number of hydrogen-bond donors (Lipinski definition) is 2. The van der Waals surface area contributed by atoms with Gasteiger partial charge in [0.25, 0.3) is 0 Å². The van der Waals surface area contributed by atoms with Gasteiger partial charge in [0.2, 0.25) is 0 Å². The third-order valence-corrected chi connectivity index (χ3v) is 5.44. The highest BCUT2D eigenvalue weighted by atomic mass is 32.2. The molecule has 1 unspecified atom stereocenters. The molecule has 30 heavy (non-hydrogen) atoms. The number of allylic oxidation sites excluding steroid dienone is 1. The molecule has 0 saturated heterocycles. The Morgan fingerprint density at radius 1 is 1.20 bits per heavy atom. The summed E-state index contributed by atoms with van der Waals surface area (Å²) < 4.78 is 28.5. The molecule has 1 atom stereocenters. The van der Waals surface area contributed by atoms with Gasteiger partial charge in [-0.3, -0.25) is 4.40 Å². The lowest BCUT2D eigenvalue weighted by Gasteiger charge is -2.23. The molecule has 8 heteroatoms. The summed E-state index contributed by atoms with van der Waals surface area (Å²) in [4.78, 5) is 1.17. The van der Waals surface area contributed by atoms with Crippen molar-refractivity contribution in [3.8, 4) is 0 Å². The number of benzene rings is 1. The number of aliphatic hydroxyl groups excluding tert-OH is 2. The average molecular weight is 436 g/mol. The Morgan fingerprint density at radius 3 is 2.43 bits per heavy atom. The number of pyridine rings is 1. The zero-order valence-electron chi connectivity index (χ0n) is 17.6. The Kier molecular flexibility index (Phi) is 8.11. The lowest BCUT2D eigenvalue weighted by molar-refractivity contribution is 0.0133. The van der Waals surface area contributed by atoms with E-state index in [0.717, 1.165) is 23.0 Å². The van der Waals surface area contributed by atoms with Crippen molar-refractivity contribution >= 4 is 23.0 Å². The minimum absolute atomic E-state index is 0.149. The van der Waals surface area contributed by atoms with Gasteiger partial charge in [0.15, 0.2) is 11.5 Å². The molecule has 0 aliphatic heterocycles. The van der Waals surface area contributed by atoms with Crippen LogP contribution in [0.5, 0.6) is 0 Å². The van der Waals surface area contributed by atoms with Gasteiger partial charge in [-0.1, -0.05) is 46.0 Å². The zero-order chi connectivity index (χ0) is 22.5. The molecular formula is C22H27F2N3O2S. The van der Waals surface area contributed by atoms with Crippen LogP contribution in [0.2, 0.25) is 0 Å². The van der Waals surface area contributed by atoms with E-state index in [4.69, 9.17) is 10.2 Å². The number of fused-ring (bicyclic) bond motifs is 1. The Hall–Kier alpha value is -2.29. The van der Waals surface area contributed by atoms with Crippen LogP contribution >= 0.6 is 11.8 Å². The summed E-state index contributed by atoms with van der Waals surface area (Å²) in [7, 11) is 0. The van der Waals surface area contributed by atoms with Gasteiger partial charge in [-0.15, -0.1) is 10.2 Å². The fraction of sp³-hybridized carbons (Fsp3) is 0.364. The quantitative estimate of drug-likeness (QED) is 0.592. The summed E-state index contributed by atoms with van der Waals surface area (Å²) in [5, 5.41) is 25.6. The number of nitrogens with zero attached hydrogens (tertiary/aromatic N) is 3. The maximum absolute atomic E-state index is 13.7. The first-order chi connectivity index (χ1) is 14.1. The highest BCUT2D eigenvalue weighted by Gasteiger charge is 2.20. The third kappa shape index (κ3) is 6.10. The van der Waals surface area contributed by atoms with Crippen molar-refractivity contribution in [3.05, 3.63) is 60.6 Å². The number of halogens is 2. The molecule has 3 rings (SSSR count). The second-order valence-electron chi connectivity index (χ2n) is 7.81. The van der Waals surface area contributed by atoms with Gasteiger partial charge >= 0.3 is 0 Å². The standard InChI is InChI=1S/C16H13F2N3S.C6H14O2/c1-3-10(2)16-20-19-15-7-5-12(9-21(15)16)22-14-6-4-11(17)8-13(14)18;1-6(2,3)5(8)4-7/h4-9H,2-3H2,1H3;5,7-8H,4H2,1-3H3. The van der Waals surface area contributed by atoms with E-state index in [1.54, 1.807) is 0 Å². The van der Waals surface area contributed by atoms with Gasteiger partial charge in [-0.25, -0.2) is 8.78 Å². The first kappa shape index (κ1) is 24.0. The molecule has 0 spiro atoms. The molecule has 0 amide bonds. The lowest BCUT2D eigenvalue weighted by atomic mass is 9.90. The van der Waals surface area contributed by atoms with Crippen LogP contribution in [-0.2, 0) is 0 Å². The van der Waals surface area contributed by atoms with Crippen LogP contribution in [0.25, 0.3) is 11.2 Å². The molecule has 3 aromatic rings. The molecule has 5 nitrogen and oxygen atoms in total. The van der Waals surface area contributed by atoms with Crippen LogP contribution in [0, 0.1) is 17.0 Å². The molecule has 0 aliphatic carbocycles. The van der Waals surface area contributed by atoms with Crippen molar-refractivity contribution in [2.75, 3.05) is 6.61 Å². The summed E-state index contributed by atoms with van der Waals surface area (Å²) >= 11 is 1.22.